The molecule has 0 radical (unpaired) electrons. The van der Waals surface area contributed by atoms with E-state index >= 15 is 0 Å². The molecule has 0 aliphatic heterocycles. The first-order valence-electron chi connectivity index (χ1n) is 5.33. The van der Waals surface area contributed by atoms with Crippen molar-refractivity contribution in [1.29, 1.82) is 0 Å². The van der Waals surface area contributed by atoms with Gasteiger partial charge in [-0.3, -0.25) is 9.89 Å². The maximum atomic E-state index is 5.88. The molecule has 0 bridgehead atoms. The zero-order chi connectivity index (χ0) is 13.0. The predicted octanol–water partition coefficient (Wildman–Crippen LogP) is 1.13. The minimum Gasteiger partial charge on any atom is -0.369 e. The highest BCUT2D eigenvalue weighted by atomic mass is 15.3. The van der Waals surface area contributed by atoms with Crippen LogP contribution in [-0.4, -0.2) is 30.9 Å². The van der Waals surface area contributed by atoms with E-state index in [9.17, 15) is 0 Å². The van der Waals surface area contributed by atoms with Gasteiger partial charge < -0.3 is 11.5 Å². The molecular formula is C12H19N5. The summed E-state index contributed by atoms with van der Waals surface area (Å²) >= 11 is 0. The lowest BCUT2D eigenvalue weighted by Crippen LogP contribution is -2.43. The summed E-state index contributed by atoms with van der Waals surface area (Å²) in [7, 11) is 3.34. The fourth-order valence-electron chi connectivity index (χ4n) is 1.44. The largest absolute Gasteiger partial charge is 0.369 e. The number of guanidine groups is 2. The Labute approximate surface area is 102 Å². The molecule has 92 valence electrons. The number of aryl methyl sites for hydroxylation is 2. The van der Waals surface area contributed by atoms with E-state index in [4.69, 9.17) is 11.5 Å². The number of benzene rings is 1. The summed E-state index contributed by atoms with van der Waals surface area (Å²) in [6, 6.07) is 5.98. The van der Waals surface area contributed by atoms with E-state index in [2.05, 4.69) is 9.98 Å². The van der Waals surface area contributed by atoms with E-state index in [-0.39, 0.29) is 0 Å². The molecular weight excluding hydrogens is 214 g/mol. The van der Waals surface area contributed by atoms with Crippen LogP contribution in [0, 0.1) is 13.8 Å². The van der Waals surface area contributed by atoms with Gasteiger partial charge >= 0.3 is 0 Å². The van der Waals surface area contributed by atoms with E-state index in [0.717, 1.165) is 16.8 Å². The van der Waals surface area contributed by atoms with Gasteiger partial charge in [-0.15, -0.1) is 0 Å². The van der Waals surface area contributed by atoms with E-state index in [1.54, 1.807) is 19.0 Å². The van der Waals surface area contributed by atoms with E-state index < -0.39 is 0 Å². The number of para-hydroxylation sites is 1. The smallest absolute Gasteiger partial charge is 0.203 e. The number of rotatable bonds is 1. The zero-order valence-corrected chi connectivity index (χ0v) is 10.7. The number of hydrogen-bond donors (Lipinski definition) is 2. The van der Waals surface area contributed by atoms with E-state index in [1.165, 1.54) is 0 Å². The summed E-state index contributed by atoms with van der Waals surface area (Å²) in [4.78, 5) is 9.79. The van der Waals surface area contributed by atoms with Crippen LogP contribution in [0.15, 0.2) is 28.2 Å². The van der Waals surface area contributed by atoms with Crippen LogP contribution < -0.4 is 11.5 Å². The lowest BCUT2D eigenvalue weighted by molar-refractivity contribution is 0.728. The molecule has 1 aromatic carbocycles. The van der Waals surface area contributed by atoms with Crippen LogP contribution in [0.2, 0.25) is 0 Å². The summed E-state index contributed by atoms with van der Waals surface area (Å²) in [5.41, 5.74) is 14.6. The van der Waals surface area contributed by atoms with Gasteiger partial charge in [-0.2, -0.15) is 0 Å². The van der Waals surface area contributed by atoms with Crippen LogP contribution >= 0.6 is 0 Å². The van der Waals surface area contributed by atoms with Crippen molar-refractivity contribution >= 4 is 17.6 Å². The first-order chi connectivity index (χ1) is 7.97. The highest BCUT2D eigenvalue weighted by Crippen LogP contribution is 2.22. The Hall–Kier alpha value is -2.04. The molecule has 0 heterocycles. The molecule has 0 aliphatic carbocycles. The molecule has 5 heteroatoms. The second kappa shape index (κ2) is 5.34. The van der Waals surface area contributed by atoms with Gasteiger partial charge in [0.15, 0.2) is 5.96 Å². The second-order valence-electron chi connectivity index (χ2n) is 3.85. The van der Waals surface area contributed by atoms with Gasteiger partial charge in [-0.1, -0.05) is 18.2 Å². The van der Waals surface area contributed by atoms with Crippen molar-refractivity contribution in [3.05, 3.63) is 29.3 Å². The van der Waals surface area contributed by atoms with E-state index in [1.807, 2.05) is 32.0 Å². The number of nitrogens with two attached hydrogens (primary N) is 2. The quantitative estimate of drug-likeness (QED) is 0.563. The molecule has 0 saturated carbocycles. The molecule has 0 aromatic heterocycles. The Morgan fingerprint density at radius 1 is 1.12 bits per heavy atom. The standard InChI is InChI=1S/C12H19N5/c1-8-6-5-7-9(2)10(8)16-12(14)17(4)11(13)15-3/h5-7H,1-4H3,(H2,13,15)(H2,14,16). The van der Waals surface area contributed by atoms with Crippen molar-refractivity contribution in [3.63, 3.8) is 0 Å². The van der Waals surface area contributed by atoms with Crippen molar-refractivity contribution in [1.82, 2.24) is 4.90 Å². The molecule has 0 fully saturated rings. The highest BCUT2D eigenvalue weighted by Gasteiger charge is 2.07. The lowest BCUT2D eigenvalue weighted by Gasteiger charge is -2.17. The summed E-state index contributed by atoms with van der Waals surface area (Å²) < 4.78 is 0. The van der Waals surface area contributed by atoms with Crippen molar-refractivity contribution in [2.45, 2.75) is 13.8 Å². The Balaban J connectivity index is 3.11. The fraction of sp³-hybridized carbons (Fsp3) is 0.333. The van der Waals surface area contributed by atoms with Crippen molar-refractivity contribution in [2.24, 2.45) is 21.5 Å². The van der Waals surface area contributed by atoms with Gasteiger partial charge in [0.2, 0.25) is 5.96 Å². The van der Waals surface area contributed by atoms with Crippen molar-refractivity contribution in [2.75, 3.05) is 14.1 Å². The molecule has 0 unspecified atom stereocenters. The van der Waals surface area contributed by atoms with Gasteiger partial charge in [-0.05, 0) is 25.0 Å². The number of aliphatic imine (C=N–C) groups is 2. The number of nitrogens with zero attached hydrogens (tertiary/aromatic N) is 3. The Morgan fingerprint density at radius 3 is 2.12 bits per heavy atom. The molecule has 0 aliphatic rings. The average molecular weight is 233 g/mol. The number of hydrogen-bond acceptors (Lipinski definition) is 2. The van der Waals surface area contributed by atoms with E-state index in [0.29, 0.717) is 11.9 Å². The molecule has 1 rings (SSSR count). The van der Waals surface area contributed by atoms with Gasteiger partial charge in [0.25, 0.3) is 0 Å². The second-order valence-corrected chi connectivity index (χ2v) is 3.85. The summed E-state index contributed by atoms with van der Waals surface area (Å²) in [5.74, 6) is 0.656. The molecule has 17 heavy (non-hydrogen) atoms. The third-order valence-electron chi connectivity index (χ3n) is 2.58. The Bertz CT molecular complexity index is 442. The van der Waals surface area contributed by atoms with Crippen LogP contribution in [0.4, 0.5) is 5.69 Å². The van der Waals surface area contributed by atoms with Gasteiger partial charge in [0, 0.05) is 14.1 Å². The van der Waals surface area contributed by atoms with Crippen LogP contribution in [0.1, 0.15) is 11.1 Å². The third-order valence-corrected chi connectivity index (χ3v) is 2.58. The first kappa shape index (κ1) is 13.0. The van der Waals surface area contributed by atoms with Gasteiger partial charge in [0.1, 0.15) is 0 Å². The Kier molecular flexibility index (Phi) is 4.09. The summed E-state index contributed by atoms with van der Waals surface area (Å²) in [6.07, 6.45) is 0. The topological polar surface area (TPSA) is 80.0 Å². The van der Waals surface area contributed by atoms with Crippen LogP contribution in [0.3, 0.4) is 0 Å². The average Bonchev–Trinajstić information content (AvgIpc) is 2.31. The van der Waals surface area contributed by atoms with Crippen LogP contribution in [-0.2, 0) is 0 Å². The monoisotopic (exact) mass is 233 g/mol. The molecule has 0 amide bonds. The van der Waals surface area contributed by atoms with Gasteiger partial charge in [0.05, 0.1) is 5.69 Å². The summed E-state index contributed by atoms with van der Waals surface area (Å²) in [6.45, 7) is 3.99. The third kappa shape index (κ3) is 2.96. The minimum absolute atomic E-state index is 0.325. The SMILES string of the molecule is CN=C(N)N(C)C(N)=Nc1c(C)cccc1C. The molecule has 5 nitrogen and oxygen atoms in total. The van der Waals surface area contributed by atoms with Crippen molar-refractivity contribution in [3.8, 4) is 0 Å². The normalized spacial score (nSPS) is 12.7. The molecule has 4 N–H and O–H groups in total. The maximum absolute atomic E-state index is 5.88. The Morgan fingerprint density at radius 2 is 1.65 bits per heavy atom. The minimum atomic E-state index is 0.325. The van der Waals surface area contributed by atoms with Gasteiger partial charge in [-0.25, -0.2) is 4.99 Å². The molecule has 0 saturated heterocycles. The summed E-state index contributed by atoms with van der Waals surface area (Å²) in [5, 5.41) is 0. The highest BCUT2D eigenvalue weighted by molar-refractivity contribution is 5.98. The molecule has 1 aromatic rings. The molecule has 0 atom stereocenters. The molecule has 0 spiro atoms. The van der Waals surface area contributed by atoms with Crippen LogP contribution in [0.25, 0.3) is 0 Å². The van der Waals surface area contributed by atoms with Crippen molar-refractivity contribution < 1.29 is 0 Å². The predicted molar refractivity (Wildman–Crippen MR) is 72.5 cm³/mol. The van der Waals surface area contributed by atoms with Crippen LogP contribution in [0.5, 0.6) is 0 Å². The maximum Gasteiger partial charge on any atom is 0.203 e. The fourth-order valence-corrected chi connectivity index (χ4v) is 1.44. The lowest BCUT2D eigenvalue weighted by atomic mass is 10.1. The zero-order valence-electron chi connectivity index (χ0n) is 10.7. The first-order valence-corrected chi connectivity index (χ1v) is 5.33.